The van der Waals surface area contributed by atoms with E-state index in [4.69, 9.17) is 21.7 Å². The molecule has 0 aliphatic heterocycles. The number of carboxylic acids is 2. The normalized spacial score (nSPS) is 15.6. The quantitative estimate of drug-likeness (QED) is 0.447. The van der Waals surface area contributed by atoms with Crippen molar-refractivity contribution in [2.24, 2.45) is 11.5 Å². The summed E-state index contributed by atoms with van der Waals surface area (Å²) in [5.74, 6) is -2.34. The number of hydrogen-bond donors (Lipinski definition) is 4. The molecule has 0 rings (SSSR count). The zero-order valence-electron chi connectivity index (χ0n) is 9.56. The Morgan fingerprint density at radius 3 is 2.29 bits per heavy atom. The van der Waals surface area contributed by atoms with Crippen LogP contribution in [0.4, 0.5) is 0 Å². The van der Waals surface area contributed by atoms with Crippen LogP contribution in [0.15, 0.2) is 24.8 Å². The van der Waals surface area contributed by atoms with Crippen LogP contribution in [0.1, 0.15) is 19.3 Å². The number of carboxylic acid groups (broad SMARTS) is 2. The van der Waals surface area contributed by atoms with E-state index >= 15 is 0 Å². The lowest BCUT2D eigenvalue weighted by molar-refractivity contribution is -0.143. The molecule has 0 spiro atoms. The zero-order valence-corrected chi connectivity index (χ0v) is 9.56. The van der Waals surface area contributed by atoms with E-state index in [2.05, 4.69) is 13.2 Å². The van der Waals surface area contributed by atoms with E-state index < -0.39 is 23.5 Å². The molecule has 0 bridgehead atoms. The maximum absolute atomic E-state index is 11.0. The Hall–Kier alpha value is -1.66. The van der Waals surface area contributed by atoms with Gasteiger partial charge in [-0.25, -0.2) is 0 Å². The molecule has 0 aromatic heterocycles. The number of carbonyl (C=O) groups is 2. The predicted molar refractivity (Wildman–Crippen MR) is 63.4 cm³/mol. The molecule has 0 radical (unpaired) electrons. The molecule has 0 aliphatic rings. The molecule has 0 aromatic rings. The van der Waals surface area contributed by atoms with Gasteiger partial charge < -0.3 is 21.7 Å². The minimum absolute atomic E-state index is 0.00128. The van der Waals surface area contributed by atoms with E-state index in [1.807, 2.05) is 0 Å². The molecule has 6 N–H and O–H groups in total. The first-order valence-corrected chi connectivity index (χ1v) is 5.01. The van der Waals surface area contributed by atoms with Gasteiger partial charge in [-0.3, -0.25) is 9.59 Å². The topological polar surface area (TPSA) is 127 Å². The molecule has 0 amide bonds. The summed E-state index contributed by atoms with van der Waals surface area (Å²) in [5.41, 5.74) is 9.89. The molecule has 17 heavy (non-hydrogen) atoms. The highest BCUT2D eigenvalue weighted by Gasteiger charge is 2.33. The molecular weight excluding hydrogens is 224 g/mol. The summed E-state index contributed by atoms with van der Waals surface area (Å²) in [5, 5.41) is 17.6. The van der Waals surface area contributed by atoms with E-state index in [9.17, 15) is 9.59 Å². The fourth-order valence-corrected chi connectivity index (χ4v) is 1.41. The van der Waals surface area contributed by atoms with Gasteiger partial charge in [-0.1, -0.05) is 18.2 Å². The van der Waals surface area contributed by atoms with Crippen molar-refractivity contribution in [3.8, 4) is 0 Å². The Labute approximate surface area is 99.6 Å². The van der Waals surface area contributed by atoms with E-state index in [-0.39, 0.29) is 19.3 Å². The largest absolute Gasteiger partial charge is 0.480 e. The van der Waals surface area contributed by atoms with Crippen LogP contribution in [0.2, 0.25) is 0 Å². The highest BCUT2D eigenvalue weighted by Crippen LogP contribution is 2.20. The lowest BCUT2D eigenvalue weighted by atomic mass is 9.87. The summed E-state index contributed by atoms with van der Waals surface area (Å²) in [7, 11) is 0. The van der Waals surface area contributed by atoms with Crippen LogP contribution in [0.3, 0.4) is 0 Å². The van der Waals surface area contributed by atoms with Crippen molar-refractivity contribution < 1.29 is 19.8 Å². The Morgan fingerprint density at radius 2 is 1.94 bits per heavy atom. The van der Waals surface area contributed by atoms with Crippen molar-refractivity contribution in [3.05, 3.63) is 24.8 Å². The van der Waals surface area contributed by atoms with Gasteiger partial charge >= 0.3 is 11.9 Å². The Balaban J connectivity index is 4.57. The molecule has 0 unspecified atom stereocenters. The highest BCUT2D eigenvalue weighted by molar-refractivity contribution is 5.79. The van der Waals surface area contributed by atoms with Crippen LogP contribution in [0, 0.1) is 0 Å². The van der Waals surface area contributed by atoms with Gasteiger partial charge in [0.1, 0.15) is 11.6 Å². The average Bonchev–Trinajstić information content (AvgIpc) is 2.16. The zero-order chi connectivity index (χ0) is 13.6. The van der Waals surface area contributed by atoms with E-state index in [1.54, 1.807) is 0 Å². The van der Waals surface area contributed by atoms with Crippen molar-refractivity contribution >= 4 is 11.9 Å². The molecule has 6 heteroatoms. The van der Waals surface area contributed by atoms with Crippen molar-refractivity contribution in [1.29, 1.82) is 0 Å². The van der Waals surface area contributed by atoms with Gasteiger partial charge in [-0.2, -0.15) is 0 Å². The third kappa shape index (κ3) is 4.80. The van der Waals surface area contributed by atoms with Crippen LogP contribution in [0.25, 0.3) is 0 Å². The van der Waals surface area contributed by atoms with Gasteiger partial charge in [0, 0.05) is 0 Å². The molecule has 0 saturated heterocycles. The van der Waals surface area contributed by atoms with Crippen LogP contribution < -0.4 is 11.5 Å². The van der Waals surface area contributed by atoms with Crippen molar-refractivity contribution in [2.75, 3.05) is 0 Å². The molecule has 96 valence electrons. The fraction of sp³-hybridized carbons (Fsp3) is 0.455. The minimum Gasteiger partial charge on any atom is -0.480 e. The molecule has 0 fully saturated rings. The average molecular weight is 242 g/mol. The Kier molecular flexibility index (Phi) is 5.57. The SMILES string of the molecule is C=CC[C@](N)(CC(=C)C[C@H](N)C(=O)O)C(=O)O. The van der Waals surface area contributed by atoms with E-state index in [1.165, 1.54) is 6.08 Å². The maximum atomic E-state index is 11.0. The second-order valence-corrected chi connectivity index (χ2v) is 4.03. The predicted octanol–water partition coefficient (Wildman–Crippen LogP) is 0.0929. The van der Waals surface area contributed by atoms with Gasteiger partial charge in [0.05, 0.1) is 0 Å². The number of nitrogens with two attached hydrogens (primary N) is 2. The van der Waals surface area contributed by atoms with Gasteiger partial charge in [0.25, 0.3) is 0 Å². The lowest BCUT2D eigenvalue weighted by Gasteiger charge is -2.24. The molecular formula is C11H18N2O4. The van der Waals surface area contributed by atoms with Crippen LogP contribution in [0.5, 0.6) is 0 Å². The smallest absolute Gasteiger partial charge is 0.324 e. The van der Waals surface area contributed by atoms with Gasteiger partial charge in [-0.15, -0.1) is 6.58 Å². The van der Waals surface area contributed by atoms with Crippen molar-refractivity contribution in [1.82, 2.24) is 0 Å². The van der Waals surface area contributed by atoms with Crippen molar-refractivity contribution in [2.45, 2.75) is 30.8 Å². The number of hydrogen-bond acceptors (Lipinski definition) is 4. The summed E-state index contributed by atoms with van der Waals surface area (Å²) in [6.45, 7) is 7.04. The van der Waals surface area contributed by atoms with Crippen LogP contribution >= 0.6 is 0 Å². The first-order valence-electron chi connectivity index (χ1n) is 5.01. The molecule has 6 nitrogen and oxygen atoms in total. The third-order valence-corrected chi connectivity index (χ3v) is 2.33. The molecule has 0 saturated carbocycles. The Morgan fingerprint density at radius 1 is 1.41 bits per heavy atom. The number of aliphatic carboxylic acids is 2. The standard InChI is InChI=1S/C11H18N2O4/c1-3-4-11(13,10(16)17)6-7(2)5-8(12)9(14)15/h3,8H,1-2,4-6,12-13H2,(H,14,15)(H,16,17)/t8-,11-/m0/s1. The summed E-state index contributed by atoms with van der Waals surface area (Å²) in [6.07, 6.45) is 1.44. The van der Waals surface area contributed by atoms with Crippen molar-refractivity contribution in [3.63, 3.8) is 0 Å². The fourth-order valence-electron chi connectivity index (χ4n) is 1.41. The first-order chi connectivity index (χ1) is 7.73. The van der Waals surface area contributed by atoms with Crippen LogP contribution in [-0.4, -0.2) is 33.7 Å². The lowest BCUT2D eigenvalue weighted by Crippen LogP contribution is -2.48. The van der Waals surface area contributed by atoms with Crippen LogP contribution in [-0.2, 0) is 9.59 Å². The van der Waals surface area contributed by atoms with E-state index in [0.29, 0.717) is 5.57 Å². The highest BCUT2D eigenvalue weighted by atomic mass is 16.4. The molecule has 2 atom stereocenters. The monoisotopic (exact) mass is 242 g/mol. The maximum Gasteiger partial charge on any atom is 0.324 e. The minimum atomic E-state index is -1.50. The summed E-state index contributed by atoms with van der Waals surface area (Å²) in [4.78, 5) is 21.5. The van der Waals surface area contributed by atoms with E-state index in [0.717, 1.165) is 0 Å². The summed E-state index contributed by atoms with van der Waals surface area (Å²) >= 11 is 0. The second-order valence-electron chi connectivity index (χ2n) is 4.03. The Bertz CT molecular complexity index is 340. The molecule has 0 heterocycles. The summed E-state index contributed by atoms with van der Waals surface area (Å²) in [6, 6.07) is -1.09. The van der Waals surface area contributed by atoms with Gasteiger partial charge in [0.2, 0.25) is 0 Å². The third-order valence-electron chi connectivity index (χ3n) is 2.33. The first kappa shape index (κ1) is 15.3. The second kappa shape index (κ2) is 6.17. The van der Waals surface area contributed by atoms with Gasteiger partial charge in [0.15, 0.2) is 0 Å². The summed E-state index contributed by atoms with van der Waals surface area (Å²) < 4.78 is 0. The molecule has 0 aromatic carbocycles. The van der Waals surface area contributed by atoms with Gasteiger partial charge in [-0.05, 0) is 19.3 Å². The molecule has 0 aliphatic carbocycles. The number of rotatable bonds is 8.